The van der Waals surface area contributed by atoms with E-state index in [1.165, 1.54) is 47.4 Å². The molecule has 0 bridgehead atoms. The summed E-state index contributed by atoms with van der Waals surface area (Å²) in [4.78, 5) is 0. The van der Waals surface area contributed by atoms with Crippen molar-refractivity contribution >= 4 is 50.2 Å². The molecule has 0 aliphatic heterocycles. The van der Waals surface area contributed by atoms with Crippen LogP contribution in [0.15, 0.2) is 72.8 Å². The Morgan fingerprint density at radius 2 is 1.40 bits per heavy atom. The zero-order valence-corrected chi connectivity index (χ0v) is 16.0. The van der Waals surface area contributed by atoms with Crippen molar-refractivity contribution in [3.05, 3.63) is 87.5 Å². The first-order valence-corrected chi connectivity index (χ1v) is 9.78. The van der Waals surface area contributed by atoms with E-state index in [4.69, 9.17) is 0 Å². The molecule has 1 aliphatic carbocycles. The Labute approximate surface area is 161 Å². The van der Waals surface area contributed by atoms with Gasteiger partial charge in [0.1, 0.15) is 0 Å². The van der Waals surface area contributed by atoms with Gasteiger partial charge < -0.3 is 0 Å². The molecule has 0 N–H and O–H groups in total. The molecule has 1 heteroatoms. The molecule has 0 fully saturated rings. The van der Waals surface area contributed by atoms with E-state index < -0.39 is 0 Å². The minimum atomic E-state index is 1.15. The van der Waals surface area contributed by atoms with Crippen molar-refractivity contribution in [1.29, 1.82) is 0 Å². The molecule has 0 unspecified atom stereocenters. The molecule has 0 amide bonds. The third-order valence-corrected chi connectivity index (χ3v) is 5.82. The fraction of sp³-hybridized carbons (Fsp3) is 0.0833. The lowest BCUT2D eigenvalue weighted by molar-refractivity contribution is 0.986. The van der Waals surface area contributed by atoms with Crippen LogP contribution >= 0.6 is 22.6 Å². The number of allylic oxidation sites excluding steroid dienone is 1. The molecule has 0 heterocycles. The molecule has 1 aliphatic rings. The van der Waals surface area contributed by atoms with Gasteiger partial charge in [-0.1, -0.05) is 60.7 Å². The van der Waals surface area contributed by atoms with Gasteiger partial charge in [0.2, 0.25) is 0 Å². The van der Waals surface area contributed by atoms with Crippen LogP contribution in [-0.4, -0.2) is 0 Å². The summed E-state index contributed by atoms with van der Waals surface area (Å²) < 4.78 is 1.28. The van der Waals surface area contributed by atoms with Crippen LogP contribution in [0.2, 0.25) is 0 Å². The predicted molar refractivity (Wildman–Crippen MR) is 117 cm³/mol. The first kappa shape index (κ1) is 15.2. The van der Waals surface area contributed by atoms with E-state index in [1.54, 1.807) is 0 Å². The predicted octanol–water partition coefficient (Wildman–Crippen LogP) is 7.22. The van der Waals surface area contributed by atoms with Crippen molar-refractivity contribution < 1.29 is 0 Å². The van der Waals surface area contributed by atoms with Crippen molar-refractivity contribution in [3.8, 4) is 11.1 Å². The third-order valence-electron chi connectivity index (χ3n) is 5.15. The Balaban J connectivity index is 1.67. The first-order chi connectivity index (χ1) is 12.3. The smallest absolute Gasteiger partial charge is 0.0136 e. The van der Waals surface area contributed by atoms with Gasteiger partial charge in [-0.05, 0) is 97.4 Å². The molecule has 4 aromatic rings. The van der Waals surface area contributed by atoms with Crippen LogP contribution in [-0.2, 0) is 6.42 Å². The summed E-state index contributed by atoms with van der Waals surface area (Å²) in [5, 5.41) is 5.29. The van der Waals surface area contributed by atoms with Gasteiger partial charge in [-0.15, -0.1) is 0 Å². The fourth-order valence-corrected chi connectivity index (χ4v) is 4.35. The summed E-state index contributed by atoms with van der Waals surface area (Å²) in [6, 6.07) is 24.9. The van der Waals surface area contributed by atoms with Gasteiger partial charge in [-0.3, -0.25) is 0 Å². The van der Waals surface area contributed by atoms with E-state index in [0.717, 1.165) is 12.8 Å². The standard InChI is InChI=1S/C24H17I/c25-22-10-12-24-21(15-22)8-7-20-14-19(9-11-23(20)24)18-6-5-16-3-1-2-4-17(16)13-18/h1,3,5-15H,2,4H2. The van der Waals surface area contributed by atoms with E-state index in [-0.39, 0.29) is 0 Å². The number of hydrogen-bond donors (Lipinski definition) is 0. The van der Waals surface area contributed by atoms with Gasteiger partial charge in [0.05, 0.1) is 0 Å². The number of halogens is 1. The molecule has 25 heavy (non-hydrogen) atoms. The second-order valence-electron chi connectivity index (χ2n) is 6.72. The maximum Gasteiger partial charge on any atom is 0.0136 e. The summed E-state index contributed by atoms with van der Waals surface area (Å²) in [7, 11) is 0. The Morgan fingerprint density at radius 1 is 0.680 bits per heavy atom. The summed E-state index contributed by atoms with van der Waals surface area (Å²) in [6.45, 7) is 0. The summed E-state index contributed by atoms with van der Waals surface area (Å²) in [5.41, 5.74) is 5.46. The van der Waals surface area contributed by atoms with E-state index >= 15 is 0 Å². The summed E-state index contributed by atoms with van der Waals surface area (Å²) >= 11 is 2.38. The number of benzene rings is 4. The lowest BCUT2D eigenvalue weighted by atomic mass is 9.92. The minimum absolute atomic E-state index is 1.15. The van der Waals surface area contributed by atoms with E-state index in [9.17, 15) is 0 Å². The van der Waals surface area contributed by atoms with Crippen LogP contribution < -0.4 is 0 Å². The maximum atomic E-state index is 2.38. The van der Waals surface area contributed by atoms with E-state index in [2.05, 4.69) is 101 Å². The zero-order valence-electron chi connectivity index (χ0n) is 13.8. The van der Waals surface area contributed by atoms with Crippen molar-refractivity contribution in [3.63, 3.8) is 0 Å². The summed E-state index contributed by atoms with van der Waals surface area (Å²) in [5.74, 6) is 0. The van der Waals surface area contributed by atoms with E-state index in [1.807, 2.05) is 0 Å². The van der Waals surface area contributed by atoms with Gasteiger partial charge in [0.15, 0.2) is 0 Å². The highest BCUT2D eigenvalue weighted by Gasteiger charge is 2.08. The average molecular weight is 432 g/mol. The van der Waals surface area contributed by atoms with Crippen LogP contribution in [0.3, 0.4) is 0 Å². The molecular formula is C24H17I. The maximum absolute atomic E-state index is 2.38. The molecular weight excluding hydrogens is 415 g/mol. The van der Waals surface area contributed by atoms with Crippen molar-refractivity contribution in [2.45, 2.75) is 12.8 Å². The lowest BCUT2D eigenvalue weighted by Crippen LogP contribution is -1.94. The molecule has 0 nitrogen and oxygen atoms in total. The Bertz CT molecular complexity index is 1150. The van der Waals surface area contributed by atoms with Gasteiger partial charge in [0.25, 0.3) is 0 Å². The van der Waals surface area contributed by atoms with Crippen LogP contribution in [0.5, 0.6) is 0 Å². The number of fused-ring (bicyclic) bond motifs is 4. The number of hydrogen-bond acceptors (Lipinski definition) is 0. The second kappa shape index (κ2) is 5.99. The highest BCUT2D eigenvalue weighted by Crippen LogP contribution is 2.32. The molecule has 0 saturated heterocycles. The van der Waals surface area contributed by atoms with Crippen LogP contribution in [0.1, 0.15) is 17.5 Å². The highest BCUT2D eigenvalue weighted by molar-refractivity contribution is 14.1. The first-order valence-electron chi connectivity index (χ1n) is 8.70. The molecule has 0 radical (unpaired) electrons. The SMILES string of the molecule is Ic1ccc2c(ccc3cc(-c4ccc5c(c4)CCC=C5)ccc32)c1. The van der Waals surface area contributed by atoms with Gasteiger partial charge in [-0.2, -0.15) is 0 Å². The summed E-state index contributed by atoms with van der Waals surface area (Å²) in [6.07, 6.45) is 6.82. The zero-order chi connectivity index (χ0) is 16.8. The highest BCUT2D eigenvalue weighted by atomic mass is 127. The minimum Gasteiger partial charge on any atom is -0.0836 e. The average Bonchev–Trinajstić information content (AvgIpc) is 2.66. The molecule has 4 aromatic carbocycles. The second-order valence-corrected chi connectivity index (χ2v) is 7.97. The van der Waals surface area contributed by atoms with Gasteiger partial charge in [0, 0.05) is 3.57 Å². The molecule has 5 rings (SSSR count). The van der Waals surface area contributed by atoms with Crippen LogP contribution in [0.4, 0.5) is 0 Å². The monoisotopic (exact) mass is 432 g/mol. The molecule has 0 atom stereocenters. The van der Waals surface area contributed by atoms with Crippen LogP contribution in [0, 0.1) is 3.57 Å². The van der Waals surface area contributed by atoms with Crippen molar-refractivity contribution in [2.24, 2.45) is 0 Å². The Morgan fingerprint density at radius 3 is 2.28 bits per heavy atom. The van der Waals surface area contributed by atoms with Crippen molar-refractivity contribution in [1.82, 2.24) is 0 Å². The third kappa shape index (κ3) is 2.67. The fourth-order valence-electron chi connectivity index (χ4n) is 3.84. The Kier molecular flexibility index (Phi) is 3.63. The molecule has 120 valence electrons. The van der Waals surface area contributed by atoms with E-state index in [0.29, 0.717) is 0 Å². The number of aryl methyl sites for hydroxylation is 1. The number of rotatable bonds is 1. The van der Waals surface area contributed by atoms with Crippen LogP contribution in [0.25, 0.3) is 38.7 Å². The van der Waals surface area contributed by atoms with Gasteiger partial charge in [-0.25, -0.2) is 0 Å². The molecule has 0 aromatic heterocycles. The normalized spacial score (nSPS) is 13.3. The lowest BCUT2D eigenvalue weighted by Gasteiger charge is -2.13. The Hall–Kier alpha value is -2.13. The topological polar surface area (TPSA) is 0 Å². The molecule has 0 saturated carbocycles. The molecule has 0 spiro atoms. The quantitative estimate of drug-likeness (QED) is 0.220. The largest absolute Gasteiger partial charge is 0.0836 e. The van der Waals surface area contributed by atoms with Crippen molar-refractivity contribution in [2.75, 3.05) is 0 Å². The van der Waals surface area contributed by atoms with Gasteiger partial charge >= 0.3 is 0 Å².